The van der Waals surface area contributed by atoms with Crippen molar-refractivity contribution in [2.24, 2.45) is 0 Å². The maximum atomic E-state index is 12.2. The average Bonchev–Trinajstić information content (AvgIpc) is 2.99. The van der Waals surface area contributed by atoms with Crippen LogP contribution in [0.5, 0.6) is 0 Å². The molecule has 106 valence electrons. The summed E-state index contributed by atoms with van der Waals surface area (Å²) in [5.41, 5.74) is 1.07. The quantitative estimate of drug-likeness (QED) is 0.764. The number of carbonyl (C=O) groups is 2. The summed E-state index contributed by atoms with van der Waals surface area (Å²) in [4.78, 5) is 25.4. The zero-order valence-electron chi connectivity index (χ0n) is 11.0. The summed E-state index contributed by atoms with van der Waals surface area (Å²) in [5.74, 6) is 0.300. The molecule has 1 amide bonds. The fourth-order valence-electron chi connectivity index (χ4n) is 2.96. The Kier molecular flexibility index (Phi) is 3.54. The number of benzene rings is 1. The molecule has 0 aliphatic carbocycles. The predicted molar refractivity (Wildman–Crippen MR) is 80.2 cm³/mol. The van der Waals surface area contributed by atoms with Crippen LogP contribution in [-0.2, 0) is 19.2 Å². The number of halogens is 1. The summed E-state index contributed by atoms with van der Waals surface area (Å²) < 4.78 is 5.84. The Balaban J connectivity index is 2.02. The van der Waals surface area contributed by atoms with Crippen LogP contribution in [0.2, 0.25) is 0 Å². The highest BCUT2D eigenvalue weighted by Crippen LogP contribution is 2.54. The third-order valence-corrected chi connectivity index (χ3v) is 6.02. The number of fused-ring (bicyclic) bond motifs is 1. The van der Waals surface area contributed by atoms with Gasteiger partial charge in [-0.15, -0.1) is 11.8 Å². The molecule has 0 radical (unpaired) electrons. The average molecular weight is 356 g/mol. The summed E-state index contributed by atoms with van der Waals surface area (Å²) in [5, 5.41) is 0. The molecule has 0 unspecified atom stereocenters. The van der Waals surface area contributed by atoms with E-state index in [0.29, 0.717) is 12.2 Å². The van der Waals surface area contributed by atoms with Crippen LogP contribution in [0.1, 0.15) is 18.4 Å². The van der Waals surface area contributed by atoms with E-state index in [0.717, 1.165) is 16.5 Å². The predicted octanol–water partition coefficient (Wildman–Crippen LogP) is 2.51. The van der Waals surface area contributed by atoms with Gasteiger partial charge in [-0.25, -0.2) is 4.79 Å². The summed E-state index contributed by atoms with van der Waals surface area (Å²) in [6.45, 7) is 0. The second kappa shape index (κ2) is 5.07. The molecular weight excluding hydrogens is 342 g/mol. The molecule has 2 fully saturated rings. The molecule has 0 spiro atoms. The third-order valence-electron chi connectivity index (χ3n) is 3.90. The van der Waals surface area contributed by atoms with Gasteiger partial charge in [-0.2, -0.15) is 0 Å². The lowest BCUT2D eigenvalue weighted by Gasteiger charge is -2.33. The molecule has 0 aromatic heterocycles. The lowest BCUT2D eigenvalue weighted by atomic mass is 10.0. The monoisotopic (exact) mass is 355 g/mol. The van der Waals surface area contributed by atoms with Crippen LogP contribution in [0.25, 0.3) is 0 Å². The van der Waals surface area contributed by atoms with Crippen LogP contribution in [0.4, 0.5) is 0 Å². The summed E-state index contributed by atoms with van der Waals surface area (Å²) >= 11 is 5.08. The van der Waals surface area contributed by atoms with Crippen molar-refractivity contribution in [2.75, 3.05) is 12.9 Å². The van der Waals surface area contributed by atoms with Crippen molar-refractivity contribution in [3.8, 4) is 0 Å². The van der Waals surface area contributed by atoms with Gasteiger partial charge < -0.3 is 9.64 Å². The molecule has 0 saturated carbocycles. The van der Waals surface area contributed by atoms with Crippen molar-refractivity contribution in [2.45, 2.75) is 23.8 Å². The molecule has 4 nitrogen and oxygen atoms in total. The Morgan fingerprint density at radius 3 is 2.80 bits per heavy atom. The first-order valence-corrected chi connectivity index (χ1v) is 8.16. The van der Waals surface area contributed by atoms with Crippen LogP contribution < -0.4 is 0 Å². The number of amides is 1. The molecule has 6 heteroatoms. The van der Waals surface area contributed by atoms with Gasteiger partial charge in [0.15, 0.2) is 0 Å². The summed E-state index contributed by atoms with van der Waals surface area (Å²) in [6, 6.07) is 7.50. The Morgan fingerprint density at radius 1 is 1.45 bits per heavy atom. The molecule has 2 aliphatic rings. The Hall–Kier alpha value is -1.01. The summed E-state index contributed by atoms with van der Waals surface area (Å²) in [6.07, 6.45) is 1.22. The minimum absolute atomic E-state index is 0.0355. The van der Waals surface area contributed by atoms with Gasteiger partial charge in [0.05, 0.1) is 7.11 Å². The van der Waals surface area contributed by atoms with Gasteiger partial charge in [-0.05, 0) is 24.1 Å². The zero-order valence-corrected chi connectivity index (χ0v) is 13.4. The first-order chi connectivity index (χ1) is 9.58. The van der Waals surface area contributed by atoms with Crippen LogP contribution in [0, 0.1) is 0 Å². The van der Waals surface area contributed by atoms with Gasteiger partial charge in [0, 0.05) is 16.6 Å². The van der Waals surface area contributed by atoms with Crippen molar-refractivity contribution in [3.63, 3.8) is 0 Å². The molecule has 1 aromatic rings. The standard InChI is InChI=1S/C14H14BrNO3S/c1-19-13(18)11-8-20-14(7-6-12(17)16(11)14)9-2-4-10(15)5-3-9/h2-5,11H,6-8H2,1H3/t11-,14-/m0/s1. The number of rotatable bonds is 2. The first-order valence-electron chi connectivity index (χ1n) is 6.38. The molecule has 20 heavy (non-hydrogen) atoms. The fourth-order valence-corrected chi connectivity index (χ4v) is 4.86. The maximum Gasteiger partial charge on any atom is 0.329 e. The lowest BCUT2D eigenvalue weighted by molar-refractivity contribution is -0.151. The molecule has 2 heterocycles. The normalized spacial score (nSPS) is 28.6. The molecule has 2 atom stereocenters. The lowest BCUT2D eigenvalue weighted by Crippen LogP contribution is -2.46. The van der Waals surface area contributed by atoms with Crippen molar-refractivity contribution in [1.29, 1.82) is 0 Å². The Bertz CT molecular complexity index is 562. The van der Waals surface area contributed by atoms with E-state index in [1.165, 1.54) is 7.11 Å². The summed E-state index contributed by atoms with van der Waals surface area (Å²) in [7, 11) is 1.37. The van der Waals surface area contributed by atoms with Gasteiger partial charge in [0.2, 0.25) is 5.91 Å². The molecule has 2 saturated heterocycles. The highest BCUT2D eigenvalue weighted by molar-refractivity contribution is 9.10. The minimum atomic E-state index is -0.469. The number of esters is 1. The van der Waals surface area contributed by atoms with Crippen molar-refractivity contribution >= 4 is 39.6 Å². The van der Waals surface area contributed by atoms with Crippen molar-refractivity contribution in [1.82, 2.24) is 4.90 Å². The van der Waals surface area contributed by atoms with E-state index in [-0.39, 0.29) is 11.9 Å². The van der Waals surface area contributed by atoms with Crippen molar-refractivity contribution in [3.05, 3.63) is 34.3 Å². The van der Waals surface area contributed by atoms with E-state index in [1.54, 1.807) is 16.7 Å². The smallest absolute Gasteiger partial charge is 0.329 e. The highest BCUT2D eigenvalue weighted by atomic mass is 79.9. The third kappa shape index (κ3) is 1.97. The zero-order chi connectivity index (χ0) is 14.3. The van der Waals surface area contributed by atoms with Gasteiger partial charge in [0.25, 0.3) is 0 Å². The molecular formula is C14H14BrNO3S. The number of nitrogens with zero attached hydrogens (tertiary/aromatic N) is 1. The van der Waals surface area contributed by atoms with Gasteiger partial charge in [-0.3, -0.25) is 4.79 Å². The van der Waals surface area contributed by atoms with Gasteiger partial charge in [-0.1, -0.05) is 28.1 Å². The Morgan fingerprint density at radius 2 is 2.15 bits per heavy atom. The second-order valence-corrected chi connectivity index (χ2v) is 7.12. The Labute approximate surface area is 130 Å². The SMILES string of the molecule is COC(=O)[C@@H]1CS[C@]2(c3ccc(Br)cc3)CCC(=O)N12. The number of hydrogen-bond acceptors (Lipinski definition) is 4. The van der Waals surface area contributed by atoms with E-state index in [4.69, 9.17) is 4.74 Å². The molecule has 3 rings (SSSR count). The van der Waals surface area contributed by atoms with E-state index >= 15 is 0 Å². The molecule has 2 aliphatic heterocycles. The minimum Gasteiger partial charge on any atom is -0.467 e. The molecule has 0 bridgehead atoms. The number of methoxy groups -OCH3 is 1. The first kappa shape index (κ1) is 13.9. The largest absolute Gasteiger partial charge is 0.467 e. The van der Waals surface area contributed by atoms with E-state index in [2.05, 4.69) is 15.9 Å². The van der Waals surface area contributed by atoms with Crippen LogP contribution in [-0.4, -0.2) is 35.7 Å². The van der Waals surface area contributed by atoms with E-state index in [9.17, 15) is 9.59 Å². The topological polar surface area (TPSA) is 46.6 Å². The van der Waals surface area contributed by atoms with Gasteiger partial charge in [0.1, 0.15) is 10.9 Å². The second-order valence-electron chi connectivity index (χ2n) is 4.90. The maximum absolute atomic E-state index is 12.2. The van der Waals surface area contributed by atoms with Crippen molar-refractivity contribution < 1.29 is 14.3 Å². The van der Waals surface area contributed by atoms with E-state index < -0.39 is 10.9 Å². The van der Waals surface area contributed by atoms with Gasteiger partial charge >= 0.3 is 5.97 Å². The van der Waals surface area contributed by atoms with E-state index in [1.807, 2.05) is 24.3 Å². The van der Waals surface area contributed by atoms with Crippen LogP contribution in [0.15, 0.2) is 28.7 Å². The van der Waals surface area contributed by atoms with Crippen LogP contribution in [0.3, 0.4) is 0 Å². The number of carbonyl (C=O) groups excluding carboxylic acids is 2. The number of ether oxygens (including phenoxy) is 1. The molecule has 1 aromatic carbocycles. The molecule has 0 N–H and O–H groups in total. The fraction of sp³-hybridized carbons (Fsp3) is 0.429. The van der Waals surface area contributed by atoms with Crippen LogP contribution >= 0.6 is 27.7 Å². The highest BCUT2D eigenvalue weighted by Gasteiger charge is 2.57. The number of hydrogen-bond donors (Lipinski definition) is 0. The number of thioether (sulfide) groups is 1.